The first-order valence-corrected chi connectivity index (χ1v) is 10.8. The van der Waals surface area contributed by atoms with Crippen LogP contribution < -0.4 is 16.0 Å². The van der Waals surface area contributed by atoms with E-state index in [1.165, 1.54) is 18.2 Å². The van der Waals surface area contributed by atoms with Crippen molar-refractivity contribution in [2.24, 2.45) is 0 Å². The minimum atomic E-state index is -3.83. The van der Waals surface area contributed by atoms with Crippen molar-refractivity contribution in [2.45, 2.75) is 11.3 Å². The summed E-state index contributed by atoms with van der Waals surface area (Å²) in [6.45, 7) is 1.43. The second kappa shape index (κ2) is 9.53. The Labute approximate surface area is 170 Å². The predicted octanol–water partition coefficient (Wildman–Crippen LogP) is 1.04. The van der Waals surface area contributed by atoms with Crippen molar-refractivity contribution >= 4 is 27.5 Å². The molecule has 0 saturated carbocycles. The van der Waals surface area contributed by atoms with Crippen molar-refractivity contribution in [2.75, 3.05) is 38.0 Å². The molecule has 1 aliphatic rings. The van der Waals surface area contributed by atoms with Crippen LogP contribution in [0.3, 0.4) is 0 Å². The van der Waals surface area contributed by atoms with E-state index in [1.54, 1.807) is 6.07 Å². The van der Waals surface area contributed by atoms with Gasteiger partial charge in [-0.15, -0.1) is 0 Å². The van der Waals surface area contributed by atoms with Gasteiger partial charge in [-0.2, -0.15) is 4.31 Å². The van der Waals surface area contributed by atoms with E-state index in [1.807, 2.05) is 30.3 Å². The Morgan fingerprint density at radius 1 is 1.07 bits per heavy atom. The van der Waals surface area contributed by atoms with Gasteiger partial charge in [-0.25, -0.2) is 8.42 Å². The summed E-state index contributed by atoms with van der Waals surface area (Å²) in [6, 6.07) is 15.7. The Hall–Kier alpha value is -2.91. The number of piperazine rings is 1. The van der Waals surface area contributed by atoms with E-state index < -0.39 is 10.0 Å². The monoisotopic (exact) mass is 416 g/mol. The molecule has 1 fully saturated rings. The molecule has 3 N–H and O–H groups in total. The summed E-state index contributed by atoms with van der Waals surface area (Å²) in [7, 11) is -3.83. The fourth-order valence-electron chi connectivity index (χ4n) is 2.95. The number of hydrogen-bond acceptors (Lipinski definition) is 5. The van der Waals surface area contributed by atoms with Crippen LogP contribution in [-0.2, 0) is 14.8 Å². The molecule has 8 nitrogen and oxygen atoms in total. The predicted molar refractivity (Wildman–Crippen MR) is 110 cm³/mol. The maximum Gasteiger partial charge on any atom is 0.251 e. The van der Waals surface area contributed by atoms with E-state index >= 15 is 0 Å². The molecule has 2 amide bonds. The van der Waals surface area contributed by atoms with Crippen molar-refractivity contribution in [1.82, 2.24) is 14.9 Å². The Bertz CT molecular complexity index is 963. The van der Waals surface area contributed by atoms with Crippen LogP contribution in [0.4, 0.5) is 5.69 Å². The van der Waals surface area contributed by atoms with Crippen LogP contribution in [0.1, 0.15) is 16.8 Å². The van der Waals surface area contributed by atoms with Gasteiger partial charge in [0.25, 0.3) is 5.91 Å². The highest BCUT2D eigenvalue weighted by molar-refractivity contribution is 7.89. The van der Waals surface area contributed by atoms with Crippen molar-refractivity contribution in [1.29, 1.82) is 0 Å². The van der Waals surface area contributed by atoms with Crippen LogP contribution in [0.5, 0.6) is 0 Å². The molecular weight excluding hydrogens is 392 g/mol. The van der Waals surface area contributed by atoms with Gasteiger partial charge >= 0.3 is 0 Å². The summed E-state index contributed by atoms with van der Waals surface area (Å²) < 4.78 is 26.6. The fraction of sp³-hybridized carbons (Fsp3) is 0.300. The summed E-state index contributed by atoms with van der Waals surface area (Å²) in [5, 5.41) is 8.65. The van der Waals surface area contributed by atoms with Crippen molar-refractivity contribution in [3.05, 3.63) is 60.2 Å². The van der Waals surface area contributed by atoms with Crippen LogP contribution in [0.25, 0.3) is 0 Å². The molecule has 0 unspecified atom stereocenters. The van der Waals surface area contributed by atoms with Gasteiger partial charge in [-0.05, 0) is 36.8 Å². The number of nitrogens with one attached hydrogen (secondary N) is 3. The molecule has 0 atom stereocenters. The van der Waals surface area contributed by atoms with E-state index in [0.717, 1.165) is 16.4 Å². The molecule has 0 aliphatic carbocycles. The van der Waals surface area contributed by atoms with E-state index in [0.29, 0.717) is 13.1 Å². The van der Waals surface area contributed by atoms with Gasteiger partial charge in [0.1, 0.15) is 0 Å². The lowest BCUT2D eigenvalue weighted by molar-refractivity contribution is -0.122. The quantitative estimate of drug-likeness (QED) is 0.558. The molecular formula is C20H24N4O4S. The molecule has 9 heteroatoms. The molecule has 1 aliphatic heterocycles. The van der Waals surface area contributed by atoms with Gasteiger partial charge in [0.05, 0.1) is 11.4 Å². The Morgan fingerprint density at radius 3 is 2.62 bits per heavy atom. The second-order valence-electron chi connectivity index (χ2n) is 6.62. The number of carbonyl (C=O) groups is 2. The third kappa shape index (κ3) is 5.55. The lowest BCUT2D eigenvalue weighted by atomic mass is 10.2. The summed E-state index contributed by atoms with van der Waals surface area (Å²) in [5.41, 5.74) is 1.28. The van der Waals surface area contributed by atoms with Crippen LogP contribution >= 0.6 is 0 Å². The molecule has 3 rings (SSSR count). The Balaban J connectivity index is 1.54. The molecule has 29 heavy (non-hydrogen) atoms. The topological polar surface area (TPSA) is 108 Å². The maximum atomic E-state index is 12.7. The number of benzene rings is 2. The van der Waals surface area contributed by atoms with Gasteiger partial charge in [0, 0.05) is 37.4 Å². The molecule has 1 saturated heterocycles. The summed E-state index contributed by atoms with van der Waals surface area (Å²) in [6.07, 6.45) is 0.724. The molecule has 2 aromatic rings. The third-order valence-corrected chi connectivity index (χ3v) is 6.32. The molecule has 0 radical (unpaired) electrons. The average Bonchev–Trinajstić information content (AvgIpc) is 2.74. The zero-order valence-electron chi connectivity index (χ0n) is 15.9. The van der Waals surface area contributed by atoms with E-state index in [4.69, 9.17) is 0 Å². The molecule has 154 valence electrons. The molecule has 2 aromatic carbocycles. The van der Waals surface area contributed by atoms with Gasteiger partial charge < -0.3 is 16.0 Å². The van der Waals surface area contributed by atoms with Crippen molar-refractivity contribution < 1.29 is 18.0 Å². The highest BCUT2D eigenvalue weighted by atomic mass is 32.2. The molecule has 0 spiro atoms. The fourth-order valence-corrected chi connectivity index (χ4v) is 4.39. The highest BCUT2D eigenvalue weighted by Crippen LogP contribution is 2.18. The number of anilines is 1. The minimum absolute atomic E-state index is 0.00518. The number of para-hydroxylation sites is 1. The summed E-state index contributed by atoms with van der Waals surface area (Å²) in [4.78, 5) is 23.9. The van der Waals surface area contributed by atoms with E-state index in [9.17, 15) is 18.0 Å². The minimum Gasteiger partial charge on any atom is -0.385 e. The first-order valence-electron chi connectivity index (χ1n) is 9.41. The molecule has 0 aromatic heterocycles. The van der Waals surface area contributed by atoms with Crippen LogP contribution in [0.2, 0.25) is 0 Å². The Kier molecular flexibility index (Phi) is 6.84. The van der Waals surface area contributed by atoms with E-state index in [-0.39, 0.29) is 41.9 Å². The molecule has 1 heterocycles. The number of sulfonamides is 1. The largest absolute Gasteiger partial charge is 0.385 e. The SMILES string of the molecule is O=C1CN(S(=O)(=O)c2cccc(C(=O)NCCCNc3ccccc3)c2)CCN1. The Morgan fingerprint density at radius 2 is 1.86 bits per heavy atom. The van der Waals surface area contributed by atoms with Gasteiger partial charge in [0.15, 0.2) is 0 Å². The maximum absolute atomic E-state index is 12.7. The first kappa shape index (κ1) is 20.8. The lowest BCUT2D eigenvalue weighted by Gasteiger charge is -2.26. The zero-order valence-corrected chi connectivity index (χ0v) is 16.7. The summed E-state index contributed by atoms with van der Waals surface area (Å²) in [5.74, 6) is -0.670. The number of nitrogens with zero attached hydrogens (tertiary/aromatic N) is 1. The first-order chi connectivity index (χ1) is 14.0. The summed E-state index contributed by atoms with van der Waals surface area (Å²) >= 11 is 0. The molecule has 0 bridgehead atoms. The van der Waals surface area contributed by atoms with Crippen molar-refractivity contribution in [3.63, 3.8) is 0 Å². The van der Waals surface area contributed by atoms with Crippen LogP contribution in [0, 0.1) is 0 Å². The lowest BCUT2D eigenvalue weighted by Crippen LogP contribution is -2.49. The number of amides is 2. The highest BCUT2D eigenvalue weighted by Gasteiger charge is 2.29. The van der Waals surface area contributed by atoms with Crippen LogP contribution in [0.15, 0.2) is 59.5 Å². The standard InChI is InChI=1S/C20H24N4O4S/c25-19-15-24(13-12-22-19)29(27,28)18-9-4-6-16(14-18)20(26)23-11-5-10-21-17-7-2-1-3-8-17/h1-4,6-9,14,21H,5,10-13,15H2,(H,22,25)(H,23,26). The van der Waals surface area contributed by atoms with Gasteiger partial charge in [-0.3, -0.25) is 9.59 Å². The number of rotatable bonds is 8. The zero-order chi connectivity index (χ0) is 20.7. The van der Waals surface area contributed by atoms with Gasteiger partial charge in [0.2, 0.25) is 15.9 Å². The third-order valence-electron chi connectivity index (χ3n) is 4.48. The van der Waals surface area contributed by atoms with E-state index in [2.05, 4.69) is 16.0 Å². The van der Waals surface area contributed by atoms with Crippen LogP contribution in [-0.4, -0.2) is 57.3 Å². The number of hydrogen-bond donors (Lipinski definition) is 3. The second-order valence-corrected chi connectivity index (χ2v) is 8.56. The number of carbonyl (C=O) groups excluding carboxylic acids is 2. The normalized spacial score (nSPS) is 14.8. The van der Waals surface area contributed by atoms with Gasteiger partial charge in [-0.1, -0.05) is 24.3 Å². The van der Waals surface area contributed by atoms with Crippen molar-refractivity contribution in [3.8, 4) is 0 Å². The average molecular weight is 417 g/mol. The smallest absolute Gasteiger partial charge is 0.251 e.